The second kappa shape index (κ2) is 13.1. The van der Waals surface area contributed by atoms with Crippen LogP contribution in [0.4, 0.5) is 0 Å². The molecule has 1 atom stereocenters. The molecule has 5 aromatic rings. The van der Waals surface area contributed by atoms with E-state index < -0.39 is 17.5 Å². The molecule has 45 heavy (non-hydrogen) atoms. The summed E-state index contributed by atoms with van der Waals surface area (Å²) in [5.41, 5.74) is 5.61. The highest BCUT2D eigenvalue weighted by Crippen LogP contribution is 2.41. The minimum atomic E-state index is -0.680. The van der Waals surface area contributed by atoms with E-state index in [-0.39, 0.29) is 12.5 Å². The van der Waals surface area contributed by atoms with Crippen molar-refractivity contribution < 1.29 is 23.8 Å². The van der Waals surface area contributed by atoms with Crippen molar-refractivity contribution in [3.63, 3.8) is 0 Å². The minimum Gasteiger partial charge on any atom is -0.497 e. The number of aromatic nitrogens is 1. The molecule has 0 amide bonds. The van der Waals surface area contributed by atoms with Crippen molar-refractivity contribution >= 4 is 22.8 Å². The molecule has 228 valence electrons. The van der Waals surface area contributed by atoms with Gasteiger partial charge < -0.3 is 19.2 Å². The van der Waals surface area contributed by atoms with Gasteiger partial charge in [-0.2, -0.15) is 5.26 Å². The van der Waals surface area contributed by atoms with Gasteiger partial charge in [-0.05, 0) is 97.5 Å². The van der Waals surface area contributed by atoms with E-state index in [0.717, 1.165) is 34.0 Å². The van der Waals surface area contributed by atoms with Crippen LogP contribution in [0.3, 0.4) is 0 Å². The number of carbonyl (C=O) groups excluding carboxylic acids is 2. The van der Waals surface area contributed by atoms with Gasteiger partial charge in [0, 0.05) is 23.0 Å². The fourth-order valence-electron chi connectivity index (χ4n) is 5.53. The van der Waals surface area contributed by atoms with E-state index in [4.69, 9.17) is 14.2 Å². The van der Waals surface area contributed by atoms with Gasteiger partial charge in [-0.3, -0.25) is 0 Å². The number of ether oxygens (including phenoxy) is 3. The van der Waals surface area contributed by atoms with Crippen LogP contribution in [0.2, 0.25) is 0 Å². The van der Waals surface area contributed by atoms with Gasteiger partial charge in [0.05, 0.1) is 29.9 Å². The third kappa shape index (κ3) is 6.91. The molecule has 1 N–H and O–H groups in total. The zero-order chi connectivity index (χ0) is 32.1. The number of hydrogen-bond acceptors (Lipinski definition) is 6. The van der Waals surface area contributed by atoms with Crippen molar-refractivity contribution in [3.05, 3.63) is 125 Å². The number of nitrogens with one attached hydrogen (secondary N) is 1. The van der Waals surface area contributed by atoms with Crippen molar-refractivity contribution in [2.75, 3.05) is 7.11 Å². The zero-order valence-electron chi connectivity index (χ0n) is 26.1. The van der Waals surface area contributed by atoms with Gasteiger partial charge in [-0.25, -0.2) is 9.59 Å². The molecule has 7 heteroatoms. The number of methoxy groups -OCH3 is 1. The third-order valence-electron chi connectivity index (χ3n) is 7.64. The highest BCUT2D eigenvalue weighted by molar-refractivity contribution is 6.00. The first-order valence-corrected chi connectivity index (χ1v) is 14.9. The summed E-state index contributed by atoms with van der Waals surface area (Å²) < 4.78 is 17.0. The Morgan fingerprint density at radius 2 is 1.67 bits per heavy atom. The normalized spacial score (nSPS) is 11.9. The third-order valence-corrected chi connectivity index (χ3v) is 7.64. The Balaban J connectivity index is 1.67. The topological polar surface area (TPSA) is 101 Å². The number of benzene rings is 4. The standard InChI is InChI=1S/C38H36N2O5/c1-6-28(34-22-40-35-18-25(21-39)12-15-31(34)35)29-16-13-26(36(41)45-38(2,3)4)19-32(29)30-17-14-27(43-5)20-33(30)37(42)44-23-24-10-8-7-9-11-24/h7-20,22,28,40H,6,23H2,1-5H3. The lowest BCUT2D eigenvalue weighted by Crippen LogP contribution is -2.24. The van der Waals surface area contributed by atoms with Crippen LogP contribution >= 0.6 is 0 Å². The van der Waals surface area contributed by atoms with Crippen LogP contribution in [0.5, 0.6) is 5.75 Å². The van der Waals surface area contributed by atoms with E-state index in [1.54, 1.807) is 31.4 Å². The fourth-order valence-corrected chi connectivity index (χ4v) is 5.53. The molecule has 0 radical (unpaired) electrons. The first kappa shape index (κ1) is 31.1. The molecule has 0 aliphatic rings. The maximum absolute atomic E-state index is 13.7. The van der Waals surface area contributed by atoms with Crippen LogP contribution in [0.25, 0.3) is 22.0 Å². The van der Waals surface area contributed by atoms with Gasteiger partial charge in [0.25, 0.3) is 0 Å². The fraction of sp³-hybridized carbons (Fsp3) is 0.237. The molecular weight excluding hydrogens is 564 g/mol. The van der Waals surface area contributed by atoms with Crippen molar-refractivity contribution in [2.45, 2.75) is 52.2 Å². The summed E-state index contributed by atoms with van der Waals surface area (Å²) in [5, 5.41) is 10.4. The maximum atomic E-state index is 13.7. The number of nitriles is 1. The van der Waals surface area contributed by atoms with Gasteiger partial charge in [-0.15, -0.1) is 0 Å². The number of carbonyl (C=O) groups is 2. The van der Waals surface area contributed by atoms with E-state index in [9.17, 15) is 14.9 Å². The van der Waals surface area contributed by atoms with E-state index >= 15 is 0 Å². The number of hydrogen-bond donors (Lipinski definition) is 1. The molecule has 0 saturated carbocycles. The van der Waals surface area contributed by atoms with E-state index in [1.165, 1.54) is 0 Å². The molecule has 1 heterocycles. The summed E-state index contributed by atoms with van der Waals surface area (Å²) in [6.07, 6.45) is 2.70. The molecule has 0 fully saturated rings. The summed E-state index contributed by atoms with van der Waals surface area (Å²) in [4.78, 5) is 30.3. The summed E-state index contributed by atoms with van der Waals surface area (Å²) in [6.45, 7) is 7.69. The molecular formula is C38H36N2O5. The van der Waals surface area contributed by atoms with Gasteiger partial charge in [0.1, 0.15) is 18.0 Å². The van der Waals surface area contributed by atoms with E-state index in [2.05, 4.69) is 18.0 Å². The molecule has 7 nitrogen and oxygen atoms in total. The Kier molecular flexibility index (Phi) is 9.06. The monoisotopic (exact) mass is 600 g/mol. The van der Waals surface area contributed by atoms with E-state index in [1.807, 2.05) is 87.6 Å². The molecule has 1 unspecified atom stereocenters. The molecule has 0 bridgehead atoms. The lowest BCUT2D eigenvalue weighted by atomic mass is 9.82. The van der Waals surface area contributed by atoms with Crippen LogP contribution in [0.1, 0.15) is 83.0 Å². The summed E-state index contributed by atoms with van der Waals surface area (Å²) in [6, 6.07) is 28.1. The molecule has 0 aliphatic heterocycles. The largest absolute Gasteiger partial charge is 0.497 e. The number of H-pyrrole nitrogens is 1. The Hall–Kier alpha value is -5.35. The Morgan fingerprint density at radius 1 is 0.889 bits per heavy atom. The second-order valence-corrected chi connectivity index (χ2v) is 11.9. The second-order valence-electron chi connectivity index (χ2n) is 11.9. The zero-order valence-corrected chi connectivity index (χ0v) is 26.1. The van der Waals surface area contributed by atoms with Crippen LogP contribution in [0.15, 0.2) is 91.1 Å². The molecule has 0 aliphatic carbocycles. The summed E-state index contributed by atoms with van der Waals surface area (Å²) in [7, 11) is 1.55. The molecule has 0 spiro atoms. The number of esters is 2. The first-order valence-electron chi connectivity index (χ1n) is 14.9. The summed E-state index contributed by atoms with van der Waals surface area (Å²) >= 11 is 0. The Bertz CT molecular complexity index is 1890. The minimum absolute atomic E-state index is 0.107. The number of rotatable bonds is 9. The van der Waals surface area contributed by atoms with Crippen LogP contribution < -0.4 is 4.74 Å². The number of nitrogens with zero attached hydrogens (tertiary/aromatic N) is 1. The SMILES string of the molecule is CCC(c1ccc(C(=O)OC(C)(C)C)cc1-c1ccc(OC)cc1C(=O)OCc1ccccc1)c1c[nH]c2cc(C#N)ccc12. The van der Waals surface area contributed by atoms with Crippen molar-refractivity contribution in [2.24, 2.45) is 0 Å². The Labute approximate surface area is 263 Å². The van der Waals surface area contributed by atoms with Gasteiger partial charge in [-0.1, -0.05) is 49.4 Å². The Morgan fingerprint density at radius 3 is 2.36 bits per heavy atom. The van der Waals surface area contributed by atoms with Crippen LogP contribution in [0, 0.1) is 11.3 Å². The lowest BCUT2D eigenvalue weighted by molar-refractivity contribution is 0.00693. The lowest BCUT2D eigenvalue weighted by Gasteiger charge is -2.23. The van der Waals surface area contributed by atoms with Gasteiger partial charge >= 0.3 is 11.9 Å². The quantitative estimate of drug-likeness (QED) is 0.170. The predicted molar refractivity (Wildman–Crippen MR) is 174 cm³/mol. The van der Waals surface area contributed by atoms with Crippen LogP contribution in [-0.4, -0.2) is 29.6 Å². The average Bonchev–Trinajstić information content (AvgIpc) is 3.46. The highest BCUT2D eigenvalue weighted by Gasteiger charge is 2.26. The van der Waals surface area contributed by atoms with Crippen molar-refractivity contribution in [3.8, 4) is 22.9 Å². The number of aromatic amines is 1. The summed E-state index contributed by atoms with van der Waals surface area (Å²) in [5.74, 6) is -0.566. The number of fused-ring (bicyclic) bond motifs is 1. The predicted octanol–water partition coefficient (Wildman–Crippen LogP) is 8.57. The van der Waals surface area contributed by atoms with Crippen LogP contribution in [-0.2, 0) is 16.1 Å². The highest BCUT2D eigenvalue weighted by atomic mass is 16.6. The average molecular weight is 601 g/mol. The smallest absolute Gasteiger partial charge is 0.339 e. The first-order chi connectivity index (χ1) is 21.6. The maximum Gasteiger partial charge on any atom is 0.339 e. The molecule has 4 aromatic carbocycles. The van der Waals surface area contributed by atoms with Crippen molar-refractivity contribution in [1.29, 1.82) is 5.26 Å². The van der Waals surface area contributed by atoms with Gasteiger partial charge in [0.15, 0.2) is 0 Å². The molecule has 0 saturated heterocycles. The van der Waals surface area contributed by atoms with Crippen molar-refractivity contribution in [1.82, 2.24) is 4.98 Å². The van der Waals surface area contributed by atoms with Gasteiger partial charge in [0.2, 0.25) is 0 Å². The molecule has 1 aromatic heterocycles. The van der Waals surface area contributed by atoms with E-state index in [0.29, 0.717) is 33.6 Å². The molecule has 5 rings (SSSR count).